The van der Waals surface area contributed by atoms with Gasteiger partial charge in [-0.3, -0.25) is 9.59 Å². The van der Waals surface area contributed by atoms with Crippen molar-refractivity contribution in [2.45, 2.75) is 143 Å². The Morgan fingerprint density at radius 2 is 0.732 bits per heavy atom. The third-order valence-corrected chi connectivity index (χ3v) is 11.3. The third-order valence-electron chi connectivity index (χ3n) is 11.3. The van der Waals surface area contributed by atoms with Gasteiger partial charge < -0.3 is 28.8 Å². The molecule has 5 aromatic rings. The topological polar surface area (TPSA) is 96.0 Å². The minimum absolute atomic E-state index is 0.385. The Morgan fingerprint density at radius 3 is 1.04 bits per heavy atom. The molecule has 5 aromatic carbocycles. The van der Waals surface area contributed by atoms with E-state index in [1.807, 2.05) is 48.5 Å². The van der Waals surface area contributed by atoms with Crippen molar-refractivity contribution >= 4 is 55.0 Å². The molecule has 2 atom stereocenters. The van der Waals surface area contributed by atoms with E-state index in [1.54, 1.807) is 13.8 Å². The minimum Gasteiger partial charge on any atom is -0.464 e. The Morgan fingerprint density at radius 1 is 0.446 bits per heavy atom. The van der Waals surface area contributed by atoms with Gasteiger partial charge in [-0.15, -0.1) is 0 Å². The fourth-order valence-corrected chi connectivity index (χ4v) is 8.04. The molecule has 56 heavy (non-hydrogen) atoms. The maximum atomic E-state index is 13.0. The predicted octanol–water partition coefficient (Wildman–Crippen LogP) is 11.7. The molecular formula is C46H58N2O8. The van der Waals surface area contributed by atoms with Crippen LogP contribution < -0.4 is 19.4 Å². The largest absolute Gasteiger partial charge is 0.464 e. The Bertz CT molecular complexity index is 1870. The molecule has 10 heteroatoms. The van der Waals surface area contributed by atoms with Gasteiger partial charge in [-0.25, -0.2) is 0 Å². The predicted molar refractivity (Wildman–Crippen MR) is 220 cm³/mol. The summed E-state index contributed by atoms with van der Waals surface area (Å²) in [7, 11) is 0. The van der Waals surface area contributed by atoms with Gasteiger partial charge in [0, 0.05) is 21.2 Å². The van der Waals surface area contributed by atoms with Crippen LogP contribution in [0.5, 0.6) is 23.0 Å². The van der Waals surface area contributed by atoms with Gasteiger partial charge in [-0.05, 0) is 96.8 Å². The molecule has 2 aliphatic rings. The Kier molecular flexibility index (Phi) is 13.2. The summed E-state index contributed by atoms with van der Waals surface area (Å²) in [5, 5.41) is 10.3. The van der Waals surface area contributed by atoms with Crippen molar-refractivity contribution < 1.29 is 38.4 Å². The molecule has 2 aliphatic heterocycles. The van der Waals surface area contributed by atoms with E-state index in [1.165, 1.54) is 74.7 Å². The summed E-state index contributed by atoms with van der Waals surface area (Å²) < 4.78 is 11.2. The standard InChI is InChI=1S/C46H58N2O8/c1-5-7-9-11-13-15-17-19-29-51-45(49)31(3)47-53-37-25-21-33-35-23-27-39-44-40(28-24-36(42(35)44)34-22-26-38(54-47)43(37)41(33)34)56-48(55-39)32(4)46(50)52-30-20-18-16-14-12-10-8-6-2/h21-28,31-32H,5-20,29-30H2,1-4H3. The molecular weight excluding hydrogens is 709 g/mol. The summed E-state index contributed by atoms with van der Waals surface area (Å²) in [5.41, 5.74) is 0. The Hall–Kier alpha value is -4.54. The molecule has 2 heterocycles. The molecule has 0 aliphatic carbocycles. The molecule has 300 valence electrons. The lowest BCUT2D eigenvalue weighted by Gasteiger charge is -2.32. The molecule has 2 unspecified atom stereocenters. The zero-order valence-corrected chi connectivity index (χ0v) is 33.7. The molecule has 0 radical (unpaired) electrons. The highest BCUT2D eigenvalue weighted by Crippen LogP contribution is 2.51. The van der Waals surface area contributed by atoms with Gasteiger partial charge in [-0.1, -0.05) is 104 Å². The van der Waals surface area contributed by atoms with Gasteiger partial charge in [0.25, 0.3) is 0 Å². The SMILES string of the molecule is CCCCCCCCCCOC(=O)C(C)N1Oc2ccc3c4ccc5c6c(ccc(c7ccc(c2c37)O1)c64)ON(C(C)C(=O)OCCCCCCCCCC)O5. The van der Waals surface area contributed by atoms with Gasteiger partial charge in [0.05, 0.1) is 24.0 Å². The quantitative estimate of drug-likeness (QED) is 0.0293. The molecule has 0 spiro atoms. The van der Waals surface area contributed by atoms with Crippen LogP contribution in [0.1, 0.15) is 130 Å². The Balaban J connectivity index is 1.01. The lowest BCUT2D eigenvalue weighted by atomic mass is 9.88. The average Bonchev–Trinajstić information content (AvgIpc) is 3.22. The van der Waals surface area contributed by atoms with Crippen LogP contribution in [0.4, 0.5) is 0 Å². The van der Waals surface area contributed by atoms with E-state index in [9.17, 15) is 9.59 Å². The highest BCUT2D eigenvalue weighted by Gasteiger charge is 2.35. The van der Waals surface area contributed by atoms with Crippen LogP contribution in [0.2, 0.25) is 0 Å². The number of benzene rings is 5. The highest BCUT2D eigenvalue weighted by molar-refractivity contribution is 6.35. The second-order valence-corrected chi connectivity index (χ2v) is 15.5. The van der Waals surface area contributed by atoms with Crippen LogP contribution in [0, 0.1) is 0 Å². The lowest BCUT2D eigenvalue weighted by molar-refractivity contribution is -0.283. The Labute approximate surface area is 330 Å². The van der Waals surface area contributed by atoms with Gasteiger partial charge in [0.1, 0.15) is 0 Å². The van der Waals surface area contributed by atoms with Crippen molar-refractivity contribution in [1.82, 2.24) is 10.5 Å². The van der Waals surface area contributed by atoms with Crippen molar-refractivity contribution in [2.24, 2.45) is 0 Å². The molecule has 0 N–H and O–H groups in total. The number of ether oxygens (including phenoxy) is 2. The number of hydrogen-bond donors (Lipinski definition) is 0. The monoisotopic (exact) mass is 766 g/mol. The molecule has 0 amide bonds. The van der Waals surface area contributed by atoms with Crippen molar-refractivity contribution in [2.75, 3.05) is 13.2 Å². The number of carbonyl (C=O) groups excluding carboxylic acids is 2. The second-order valence-electron chi connectivity index (χ2n) is 15.5. The first-order chi connectivity index (χ1) is 27.4. The minimum atomic E-state index is -0.768. The maximum Gasteiger partial charge on any atom is 0.330 e. The molecule has 0 bridgehead atoms. The van der Waals surface area contributed by atoms with E-state index in [4.69, 9.17) is 28.8 Å². The smallest absolute Gasteiger partial charge is 0.330 e. The van der Waals surface area contributed by atoms with E-state index < -0.39 is 12.1 Å². The lowest BCUT2D eigenvalue weighted by Crippen LogP contribution is -2.46. The molecule has 7 rings (SSSR count). The number of unbranched alkanes of at least 4 members (excludes halogenated alkanes) is 14. The third kappa shape index (κ3) is 8.42. The van der Waals surface area contributed by atoms with Crippen molar-refractivity contribution in [3.8, 4) is 23.0 Å². The van der Waals surface area contributed by atoms with Crippen molar-refractivity contribution in [1.29, 1.82) is 0 Å². The molecule has 0 fully saturated rings. The van der Waals surface area contributed by atoms with Crippen LogP contribution in [-0.2, 0) is 19.1 Å². The van der Waals surface area contributed by atoms with Crippen LogP contribution in [0.25, 0.3) is 43.1 Å². The summed E-state index contributed by atoms with van der Waals surface area (Å²) in [6.45, 7) is 8.69. The molecule has 0 aromatic heterocycles. The van der Waals surface area contributed by atoms with Gasteiger partial charge >= 0.3 is 11.9 Å². The summed E-state index contributed by atoms with van der Waals surface area (Å²) in [4.78, 5) is 50.9. The zero-order chi connectivity index (χ0) is 39.0. The van der Waals surface area contributed by atoms with Gasteiger partial charge in [0.2, 0.25) is 0 Å². The maximum absolute atomic E-state index is 13.0. The number of carbonyl (C=O) groups is 2. The molecule has 0 saturated heterocycles. The number of fused-ring (bicyclic) bond motifs is 2. The number of esters is 2. The van der Waals surface area contributed by atoms with E-state index in [0.717, 1.165) is 81.6 Å². The number of nitrogens with zero attached hydrogens (tertiary/aromatic N) is 2. The van der Waals surface area contributed by atoms with E-state index in [0.29, 0.717) is 36.2 Å². The summed E-state index contributed by atoms with van der Waals surface area (Å²) in [6.07, 6.45) is 18.9. The van der Waals surface area contributed by atoms with Gasteiger partial charge in [0.15, 0.2) is 35.1 Å². The highest BCUT2D eigenvalue weighted by atomic mass is 17.0. The second kappa shape index (κ2) is 18.6. The number of hydroxylamine groups is 4. The fraction of sp³-hybridized carbons (Fsp3) is 0.522. The van der Waals surface area contributed by atoms with Crippen molar-refractivity contribution in [3.05, 3.63) is 48.5 Å². The number of rotatable bonds is 22. The first-order valence-electron chi connectivity index (χ1n) is 21.2. The summed E-state index contributed by atoms with van der Waals surface area (Å²) in [6, 6.07) is 14.4. The zero-order valence-electron chi connectivity index (χ0n) is 33.7. The average molecular weight is 767 g/mol. The van der Waals surface area contributed by atoms with Crippen LogP contribution in [0.15, 0.2) is 48.5 Å². The molecule has 0 saturated carbocycles. The first-order valence-corrected chi connectivity index (χ1v) is 21.2. The van der Waals surface area contributed by atoms with E-state index in [-0.39, 0.29) is 11.9 Å². The summed E-state index contributed by atoms with van der Waals surface area (Å²) >= 11 is 0. The first kappa shape index (κ1) is 39.7. The van der Waals surface area contributed by atoms with E-state index in [2.05, 4.69) is 13.8 Å². The number of hydrogen-bond acceptors (Lipinski definition) is 10. The molecule has 10 nitrogen and oxygen atoms in total. The van der Waals surface area contributed by atoms with Crippen LogP contribution >= 0.6 is 0 Å². The van der Waals surface area contributed by atoms with Crippen LogP contribution in [-0.4, -0.2) is 47.7 Å². The normalized spacial score (nSPS) is 15.1. The van der Waals surface area contributed by atoms with E-state index >= 15 is 0 Å². The van der Waals surface area contributed by atoms with Crippen molar-refractivity contribution in [3.63, 3.8) is 0 Å². The summed E-state index contributed by atoms with van der Waals surface area (Å²) in [5.74, 6) is 1.65. The van der Waals surface area contributed by atoms with Crippen LogP contribution in [0.3, 0.4) is 0 Å². The van der Waals surface area contributed by atoms with Gasteiger partial charge in [-0.2, -0.15) is 0 Å². The fourth-order valence-electron chi connectivity index (χ4n) is 8.04.